The van der Waals surface area contributed by atoms with E-state index in [4.69, 9.17) is 9.47 Å². The van der Waals surface area contributed by atoms with Crippen molar-refractivity contribution < 1.29 is 28.7 Å². The van der Waals surface area contributed by atoms with Gasteiger partial charge in [-0.2, -0.15) is 0 Å². The lowest BCUT2D eigenvalue weighted by molar-refractivity contribution is -0.133. The second-order valence-corrected chi connectivity index (χ2v) is 12.3. The van der Waals surface area contributed by atoms with Crippen molar-refractivity contribution in [2.45, 2.75) is 78.3 Å². The van der Waals surface area contributed by atoms with Gasteiger partial charge in [-0.15, -0.1) is 0 Å². The molecular formula is C34H46N6O6. The van der Waals surface area contributed by atoms with E-state index in [-0.39, 0.29) is 24.9 Å². The Kier molecular flexibility index (Phi) is 12.5. The van der Waals surface area contributed by atoms with Crippen molar-refractivity contribution in [3.63, 3.8) is 0 Å². The van der Waals surface area contributed by atoms with Crippen LogP contribution in [-0.2, 0) is 30.5 Å². The number of nitrogens with zero attached hydrogens (tertiary/aromatic N) is 3. The van der Waals surface area contributed by atoms with Crippen LogP contribution in [-0.4, -0.2) is 75.1 Å². The molecule has 3 rings (SSSR count). The minimum Gasteiger partial charge on any atom is -0.444 e. The third-order valence-corrected chi connectivity index (χ3v) is 6.97. The van der Waals surface area contributed by atoms with Crippen LogP contribution in [0.5, 0.6) is 0 Å². The fourth-order valence-corrected chi connectivity index (χ4v) is 4.55. The van der Waals surface area contributed by atoms with Crippen LogP contribution in [0.3, 0.4) is 0 Å². The second-order valence-electron chi connectivity index (χ2n) is 12.3. The van der Waals surface area contributed by atoms with Crippen LogP contribution in [0.25, 0.3) is 0 Å². The first-order chi connectivity index (χ1) is 21.7. The quantitative estimate of drug-likeness (QED) is 0.240. The average molecular weight is 635 g/mol. The normalized spacial score (nSPS) is 12.8. The summed E-state index contributed by atoms with van der Waals surface area (Å²) in [5.41, 5.74) is -0.518. The molecule has 248 valence electrons. The lowest BCUT2D eigenvalue weighted by atomic mass is 10.0. The Morgan fingerprint density at radius 2 is 1.52 bits per heavy atom. The van der Waals surface area contributed by atoms with Gasteiger partial charge >= 0.3 is 6.09 Å². The van der Waals surface area contributed by atoms with Crippen LogP contribution in [0.2, 0.25) is 0 Å². The van der Waals surface area contributed by atoms with Gasteiger partial charge in [0.1, 0.15) is 23.2 Å². The number of hydrogen-bond acceptors (Lipinski definition) is 7. The molecule has 12 nitrogen and oxygen atoms in total. The highest BCUT2D eigenvalue weighted by Gasteiger charge is 2.35. The molecule has 3 aromatic rings. The van der Waals surface area contributed by atoms with Gasteiger partial charge in [-0.3, -0.25) is 14.4 Å². The van der Waals surface area contributed by atoms with E-state index >= 15 is 0 Å². The molecule has 0 aliphatic rings. The molecule has 46 heavy (non-hydrogen) atoms. The van der Waals surface area contributed by atoms with Gasteiger partial charge in [-0.25, -0.2) is 9.78 Å². The highest BCUT2D eigenvalue weighted by Crippen LogP contribution is 2.23. The first kappa shape index (κ1) is 35.8. The first-order valence-corrected chi connectivity index (χ1v) is 15.4. The predicted octanol–water partition coefficient (Wildman–Crippen LogP) is 4.28. The van der Waals surface area contributed by atoms with Gasteiger partial charge in [-0.05, 0) is 59.6 Å². The molecule has 0 spiro atoms. The summed E-state index contributed by atoms with van der Waals surface area (Å²) in [6.07, 6.45) is 2.29. The maximum atomic E-state index is 13.6. The molecular weight excluding hydrogens is 588 g/mol. The van der Waals surface area contributed by atoms with Crippen LogP contribution >= 0.6 is 0 Å². The minimum atomic E-state index is -1.42. The summed E-state index contributed by atoms with van der Waals surface area (Å²) < 4.78 is 12.8. The molecule has 0 fully saturated rings. The van der Waals surface area contributed by atoms with Gasteiger partial charge in [0.2, 0.25) is 11.8 Å². The SMILES string of the molecule is CCN(CC)C(=O)C(c1ccccc1)n1cnc(NC(=O)C(COCc2ccccc2)NC(=O)C(C)(C)NC(=O)OC(C)(C)C)c1. The third-order valence-electron chi connectivity index (χ3n) is 6.97. The first-order valence-electron chi connectivity index (χ1n) is 15.4. The van der Waals surface area contributed by atoms with E-state index in [1.807, 2.05) is 74.5 Å². The smallest absolute Gasteiger partial charge is 0.408 e. The zero-order chi connectivity index (χ0) is 33.9. The molecule has 1 heterocycles. The molecule has 0 aliphatic carbocycles. The fraction of sp³-hybridized carbons (Fsp3) is 0.441. The Labute approximate surface area is 270 Å². The van der Waals surface area contributed by atoms with Gasteiger partial charge in [-0.1, -0.05) is 60.7 Å². The van der Waals surface area contributed by atoms with E-state index in [2.05, 4.69) is 20.9 Å². The van der Waals surface area contributed by atoms with Crippen LogP contribution in [0.4, 0.5) is 10.6 Å². The van der Waals surface area contributed by atoms with Gasteiger partial charge in [0.05, 0.1) is 19.5 Å². The van der Waals surface area contributed by atoms with Crippen molar-refractivity contribution in [1.29, 1.82) is 0 Å². The monoisotopic (exact) mass is 634 g/mol. The van der Waals surface area contributed by atoms with Gasteiger partial charge in [0.25, 0.3) is 5.91 Å². The Morgan fingerprint density at radius 3 is 2.11 bits per heavy atom. The Hall–Kier alpha value is -4.71. The molecule has 0 aliphatic heterocycles. The van der Waals surface area contributed by atoms with Crippen LogP contribution in [0, 0.1) is 0 Å². The van der Waals surface area contributed by atoms with E-state index < -0.39 is 41.1 Å². The topological polar surface area (TPSA) is 144 Å². The fourth-order valence-electron chi connectivity index (χ4n) is 4.55. The lowest BCUT2D eigenvalue weighted by Crippen LogP contribution is -2.59. The maximum Gasteiger partial charge on any atom is 0.408 e. The highest BCUT2D eigenvalue weighted by atomic mass is 16.6. The number of nitrogens with one attached hydrogen (secondary N) is 3. The lowest BCUT2D eigenvalue weighted by Gasteiger charge is -2.29. The van der Waals surface area contributed by atoms with Crippen molar-refractivity contribution in [2.75, 3.05) is 25.0 Å². The number of carbonyl (C=O) groups is 4. The summed E-state index contributed by atoms with van der Waals surface area (Å²) in [6, 6.07) is 16.9. The van der Waals surface area contributed by atoms with Gasteiger partial charge < -0.3 is 34.9 Å². The molecule has 0 saturated heterocycles. The van der Waals surface area contributed by atoms with Crippen LogP contribution in [0.1, 0.15) is 65.6 Å². The summed E-state index contributed by atoms with van der Waals surface area (Å²) in [4.78, 5) is 58.9. The van der Waals surface area contributed by atoms with Gasteiger partial charge in [0.15, 0.2) is 5.82 Å². The number of likely N-dealkylation sites (N-methyl/N-ethyl adjacent to an activating group) is 1. The van der Waals surface area contributed by atoms with E-state index in [0.29, 0.717) is 13.1 Å². The minimum absolute atomic E-state index is 0.106. The number of amides is 4. The van der Waals surface area contributed by atoms with Crippen LogP contribution < -0.4 is 16.0 Å². The number of carbonyl (C=O) groups excluding carboxylic acids is 4. The van der Waals surface area contributed by atoms with E-state index in [0.717, 1.165) is 11.1 Å². The Bertz CT molecular complexity index is 1450. The molecule has 2 atom stereocenters. The third kappa shape index (κ3) is 10.4. The summed E-state index contributed by atoms with van der Waals surface area (Å²) in [5.74, 6) is -1.13. The summed E-state index contributed by atoms with van der Waals surface area (Å²) in [6.45, 7) is 13.1. The number of imidazole rings is 1. The standard InChI is InChI=1S/C34H46N6O6/c1-8-39(9-2)30(42)28(25-18-14-11-15-19-25)40-20-27(35-23-40)37-29(41)26(22-45-21-24-16-12-10-13-17-24)36-31(43)34(6,7)38-32(44)46-33(3,4)5/h10-20,23,26,28H,8-9,21-22H2,1-7H3,(H,36,43)(H,37,41)(H,38,44). The molecule has 1 aromatic heterocycles. The summed E-state index contributed by atoms with van der Waals surface area (Å²) in [7, 11) is 0. The summed E-state index contributed by atoms with van der Waals surface area (Å²) in [5, 5.41) is 7.99. The average Bonchev–Trinajstić information content (AvgIpc) is 3.44. The molecule has 0 saturated carbocycles. The predicted molar refractivity (Wildman–Crippen MR) is 175 cm³/mol. The number of rotatable bonds is 14. The molecule has 2 aromatic carbocycles. The Balaban J connectivity index is 1.80. The number of ether oxygens (including phenoxy) is 2. The van der Waals surface area contributed by atoms with Gasteiger partial charge in [0, 0.05) is 19.3 Å². The Morgan fingerprint density at radius 1 is 0.913 bits per heavy atom. The maximum absolute atomic E-state index is 13.6. The number of alkyl carbamates (subject to hydrolysis) is 1. The number of anilines is 1. The molecule has 4 amide bonds. The largest absolute Gasteiger partial charge is 0.444 e. The molecule has 3 N–H and O–H groups in total. The second kappa shape index (κ2) is 16.0. The van der Waals surface area contributed by atoms with E-state index in [1.165, 1.54) is 20.2 Å². The number of aromatic nitrogens is 2. The zero-order valence-corrected chi connectivity index (χ0v) is 27.7. The molecule has 0 bridgehead atoms. The molecule has 0 radical (unpaired) electrons. The molecule has 2 unspecified atom stereocenters. The van der Waals surface area contributed by atoms with Crippen molar-refractivity contribution in [3.8, 4) is 0 Å². The molecule has 12 heteroatoms. The number of hydrogen-bond donors (Lipinski definition) is 3. The van der Waals surface area contributed by atoms with E-state index in [9.17, 15) is 19.2 Å². The van der Waals surface area contributed by atoms with Crippen molar-refractivity contribution in [3.05, 3.63) is 84.3 Å². The zero-order valence-electron chi connectivity index (χ0n) is 27.7. The van der Waals surface area contributed by atoms with Crippen molar-refractivity contribution in [1.82, 2.24) is 25.1 Å². The highest BCUT2D eigenvalue weighted by molar-refractivity contribution is 5.98. The summed E-state index contributed by atoms with van der Waals surface area (Å²) >= 11 is 0. The van der Waals surface area contributed by atoms with Crippen molar-refractivity contribution >= 4 is 29.6 Å². The van der Waals surface area contributed by atoms with Crippen molar-refractivity contribution in [2.24, 2.45) is 0 Å². The number of benzene rings is 2. The van der Waals surface area contributed by atoms with Crippen LogP contribution in [0.15, 0.2) is 73.2 Å². The van der Waals surface area contributed by atoms with E-state index in [1.54, 1.807) is 36.4 Å².